The molecule has 122 valence electrons. The van der Waals surface area contributed by atoms with Crippen molar-refractivity contribution in [2.75, 3.05) is 0 Å². The van der Waals surface area contributed by atoms with Crippen molar-refractivity contribution in [2.45, 2.75) is 13.8 Å². The van der Waals surface area contributed by atoms with Crippen molar-refractivity contribution in [3.8, 4) is 22.4 Å². The molecule has 0 radical (unpaired) electrons. The van der Waals surface area contributed by atoms with E-state index in [1.807, 2.05) is 42.8 Å². The fourth-order valence-corrected chi connectivity index (χ4v) is 3.09. The number of aromatic carboxylic acids is 1. The van der Waals surface area contributed by atoms with Crippen LogP contribution in [0.5, 0.6) is 0 Å². The van der Waals surface area contributed by atoms with Gasteiger partial charge in [0.05, 0.1) is 11.3 Å². The zero-order valence-electron chi connectivity index (χ0n) is 13.8. The molecule has 0 atom stereocenters. The van der Waals surface area contributed by atoms with E-state index in [4.69, 9.17) is 0 Å². The molecule has 1 N–H and O–H groups in total. The molecule has 0 fully saturated rings. The van der Waals surface area contributed by atoms with Gasteiger partial charge in [-0.2, -0.15) is 0 Å². The van der Waals surface area contributed by atoms with Crippen LogP contribution < -0.4 is 0 Å². The molecule has 3 rings (SSSR count). The molecule has 0 unspecified atom stereocenters. The second kappa shape index (κ2) is 5.96. The summed E-state index contributed by atoms with van der Waals surface area (Å²) < 4.78 is 15.1. The van der Waals surface area contributed by atoms with Crippen LogP contribution in [0.25, 0.3) is 22.4 Å². The monoisotopic (exact) mass is 323 g/mol. The molecular formula is C20H18FNO2. The largest absolute Gasteiger partial charge is 0.478 e. The summed E-state index contributed by atoms with van der Waals surface area (Å²) in [5, 5.41) is 9.73. The molecule has 0 spiro atoms. The highest BCUT2D eigenvalue weighted by atomic mass is 19.1. The Kier molecular flexibility index (Phi) is 3.97. The van der Waals surface area contributed by atoms with E-state index in [0.29, 0.717) is 11.3 Å². The minimum atomic E-state index is -0.965. The van der Waals surface area contributed by atoms with Crippen molar-refractivity contribution in [2.24, 2.45) is 7.05 Å². The van der Waals surface area contributed by atoms with Gasteiger partial charge in [0.15, 0.2) is 0 Å². The van der Waals surface area contributed by atoms with Crippen molar-refractivity contribution >= 4 is 5.97 Å². The first-order chi connectivity index (χ1) is 11.4. The third-order valence-electron chi connectivity index (χ3n) is 4.33. The number of halogens is 1. The van der Waals surface area contributed by atoms with Gasteiger partial charge in [-0.1, -0.05) is 29.8 Å². The summed E-state index contributed by atoms with van der Waals surface area (Å²) in [7, 11) is 1.83. The second-order valence-corrected chi connectivity index (χ2v) is 5.92. The SMILES string of the molecule is Cc1cccc(-c2c(C(=O)O)c(C)n(C)c2-c2ccc(F)cc2)c1. The summed E-state index contributed by atoms with van der Waals surface area (Å²) in [4.78, 5) is 11.9. The number of aryl methyl sites for hydroxylation is 1. The van der Waals surface area contributed by atoms with Crippen molar-refractivity contribution in [1.29, 1.82) is 0 Å². The van der Waals surface area contributed by atoms with E-state index >= 15 is 0 Å². The molecule has 1 heterocycles. The lowest BCUT2D eigenvalue weighted by Crippen LogP contribution is -2.00. The van der Waals surface area contributed by atoms with Crippen LogP contribution in [-0.4, -0.2) is 15.6 Å². The number of carboxylic acid groups (broad SMARTS) is 1. The number of carbonyl (C=O) groups is 1. The van der Waals surface area contributed by atoms with Crippen LogP contribution in [0.4, 0.5) is 4.39 Å². The number of rotatable bonds is 3. The van der Waals surface area contributed by atoms with Gasteiger partial charge in [-0.15, -0.1) is 0 Å². The van der Waals surface area contributed by atoms with Gasteiger partial charge in [0.25, 0.3) is 0 Å². The van der Waals surface area contributed by atoms with Crippen LogP contribution in [-0.2, 0) is 7.05 Å². The highest BCUT2D eigenvalue weighted by Gasteiger charge is 2.25. The van der Waals surface area contributed by atoms with Gasteiger partial charge in [0.1, 0.15) is 5.82 Å². The maximum atomic E-state index is 13.3. The smallest absolute Gasteiger partial charge is 0.338 e. The quantitative estimate of drug-likeness (QED) is 0.751. The summed E-state index contributed by atoms with van der Waals surface area (Å²) in [6.07, 6.45) is 0. The molecule has 2 aromatic carbocycles. The molecule has 4 heteroatoms. The molecule has 0 saturated carbocycles. The van der Waals surface area contributed by atoms with E-state index < -0.39 is 5.97 Å². The standard InChI is InChI=1S/C20H18FNO2/c1-12-5-4-6-15(11-12)18-17(20(23)24)13(2)22(3)19(18)14-7-9-16(21)10-8-14/h4-11H,1-3H3,(H,23,24). The van der Waals surface area contributed by atoms with Crippen molar-refractivity contribution in [3.05, 3.63) is 71.2 Å². The molecule has 0 saturated heterocycles. The molecule has 3 aromatic rings. The van der Waals surface area contributed by atoms with E-state index in [-0.39, 0.29) is 11.4 Å². The number of hydrogen-bond acceptors (Lipinski definition) is 1. The highest BCUT2D eigenvalue weighted by Crippen LogP contribution is 2.39. The number of hydrogen-bond donors (Lipinski definition) is 1. The Labute approximate surface area is 140 Å². The fraction of sp³-hybridized carbons (Fsp3) is 0.150. The summed E-state index contributed by atoms with van der Waals surface area (Å²) in [6, 6.07) is 13.9. The maximum absolute atomic E-state index is 13.3. The van der Waals surface area contributed by atoms with Crippen LogP contribution >= 0.6 is 0 Å². The predicted octanol–water partition coefficient (Wildman–Crippen LogP) is 4.81. The molecule has 0 aliphatic carbocycles. The zero-order valence-corrected chi connectivity index (χ0v) is 13.8. The first-order valence-corrected chi connectivity index (χ1v) is 7.65. The molecule has 0 bridgehead atoms. The Hall–Kier alpha value is -2.88. The number of carboxylic acids is 1. The van der Waals surface area contributed by atoms with Crippen molar-refractivity contribution in [3.63, 3.8) is 0 Å². The van der Waals surface area contributed by atoms with E-state index in [1.165, 1.54) is 12.1 Å². The van der Waals surface area contributed by atoms with Gasteiger partial charge in [-0.25, -0.2) is 9.18 Å². The van der Waals surface area contributed by atoms with Crippen LogP contribution in [0, 0.1) is 19.7 Å². The lowest BCUT2D eigenvalue weighted by Gasteiger charge is -2.10. The van der Waals surface area contributed by atoms with Gasteiger partial charge < -0.3 is 9.67 Å². The first kappa shape index (κ1) is 16.0. The van der Waals surface area contributed by atoms with E-state index in [2.05, 4.69) is 0 Å². The number of aromatic nitrogens is 1. The number of nitrogens with zero attached hydrogens (tertiary/aromatic N) is 1. The number of benzene rings is 2. The zero-order chi connectivity index (χ0) is 17.4. The molecular weight excluding hydrogens is 305 g/mol. The van der Waals surface area contributed by atoms with Crippen molar-refractivity contribution < 1.29 is 14.3 Å². The Morgan fingerprint density at radius 1 is 1.04 bits per heavy atom. The Morgan fingerprint density at radius 3 is 2.29 bits per heavy atom. The van der Waals surface area contributed by atoms with E-state index in [0.717, 1.165) is 22.4 Å². The summed E-state index contributed by atoms with van der Waals surface area (Å²) in [6.45, 7) is 3.76. The molecule has 0 amide bonds. The maximum Gasteiger partial charge on any atom is 0.338 e. The summed E-state index contributed by atoms with van der Waals surface area (Å²) >= 11 is 0. The lowest BCUT2D eigenvalue weighted by atomic mass is 9.96. The van der Waals surface area contributed by atoms with Crippen LogP contribution in [0.15, 0.2) is 48.5 Å². The van der Waals surface area contributed by atoms with Gasteiger partial charge in [0.2, 0.25) is 0 Å². The minimum Gasteiger partial charge on any atom is -0.478 e. The van der Waals surface area contributed by atoms with Gasteiger partial charge in [0, 0.05) is 18.3 Å². The molecule has 1 aromatic heterocycles. The minimum absolute atomic E-state index is 0.280. The van der Waals surface area contributed by atoms with Crippen LogP contribution in [0.2, 0.25) is 0 Å². The summed E-state index contributed by atoms with van der Waals surface area (Å²) in [5.41, 5.74) is 5.06. The fourth-order valence-electron chi connectivity index (χ4n) is 3.09. The Balaban J connectivity index is 2.38. The van der Waals surface area contributed by atoms with E-state index in [1.54, 1.807) is 19.1 Å². The third-order valence-corrected chi connectivity index (χ3v) is 4.33. The Morgan fingerprint density at radius 2 is 1.71 bits per heavy atom. The summed E-state index contributed by atoms with van der Waals surface area (Å²) in [5.74, 6) is -1.28. The molecule has 3 nitrogen and oxygen atoms in total. The van der Waals surface area contributed by atoms with E-state index in [9.17, 15) is 14.3 Å². The average molecular weight is 323 g/mol. The van der Waals surface area contributed by atoms with Gasteiger partial charge in [-0.3, -0.25) is 0 Å². The Bertz CT molecular complexity index is 924. The second-order valence-electron chi connectivity index (χ2n) is 5.92. The predicted molar refractivity (Wildman–Crippen MR) is 92.7 cm³/mol. The first-order valence-electron chi connectivity index (χ1n) is 7.65. The van der Waals surface area contributed by atoms with Crippen LogP contribution in [0.1, 0.15) is 21.6 Å². The lowest BCUT2D eigenvalue weighted by molar-refractivity contribution is 0.0697. The molecule has 0 aliphatic heterocycles. The highest BCUT2D eigenvalue weighted by molar-refractivity contribution is 6.02. The topological polar surface area (TPSA) is 42.2 Å². The molecule has 24 heavy (non-hydrogen) atoms. The van der Waals surface area contributed by atoms with Crippen molar-refractivity contribution in [1.82, 2.24) is 4.57 Å². The van der Waals surface area contributed by atoms with Gasteiger partial charge in [-0.05, 0) is 49.2 Å². The third kappa shape index (κ3) is 2.60. The van der Waals surface area contributed by atoms with Crippen LogP contribution in [0.3, 0.4) is 0 Å². The molecule has 0 aliphatic rings. The average Bonchev–Trinajstić information content (AvgIpc) is 2.80. The normalized spacial score (nSPS) is 10.8. The van der Waals surface area contributed by atoms with Gasteiger partial charge >= 0.3 is 5.97 Å².